The van der Waals surface area contributed by atoms with Crippen molar-refractivity contribution >= 4 is 0 Å². The van der Waals surface area contributed by atoms with Crippen LogP contribution in [0, 0.1) is 5.82 Å². The van der Waals surface area contributed by atoms with E-state index < -0.39 is 0 Å². The van der Waals surface area contributed by atoms with Crippen LogP contribution < -0.4 is 5.32 Å². The highest BCUT2D eigenvalue weighted by Gasteiger charge is 2.26. The van der Waals surface area contributed by atoms with Crippen LogP contribution in [-0.4, -0.2) is 10.2 Å². The first-order valence-corrected chi connectivity index (χ1v) is 6.27. The van der Waals surface area contributed by atoms with Gasteiger partial charge in [0.05, 0.1) is 6.20 Å². The smallest absolute Gasteiger partial charge is 0.126 e. The number of fused-ring (bicyclic) bond motifs is 1. The molecular formula is C14H16FN3. The monoisotopic (exact) mass is 245 g/mol. The average Bonchev–Trinajstić information content (AvgIpc) is 2.99. The minimum atomic E-state index is -0.0761. The highest BCUT2D eigenvalue weighted by Crippen LogP contribution is 2.34. The molecule has 1 aromatic heterocycles. The van der Waals surface area contributed by atoms with E-state index in [1.54, 1.807) is 12.1 Å². The molecule has 2 aromatic rings. The van der Waals surface area contributed by atoms with Crippen LogP contribution in [-0.2, 0) is 6.42 Å². The van der Waals surface area contributed by atoms with Crippen LogP contribution in [0.4, 0.5) is 4.39 Å². The summed E-state index contributed by atoms with van der Waals surface area (Å²) in [5.74, 6) is -0.0761. The number of aromatic nitrogens is 2. The Morgan fingerprint density at radius 1 is 1.50 bits per heavy atom. The first kappa shape index (κ1) is 11.4. The zero-order valence-electron chi connectivity index (χ0n) is 10.3. The van der Waals surface area contributed by atoms with Crippen molar-refractivity contribution in [1.29, 1.82) is 0 Å². The summed E-state index contributed by atoms with van der Waals surface area (Å²) in [4.78, 5) is 0. The van der Waals surface area contributed by atoms with Gasteiger partial charge in [-0.05, 0) is 37.0 Å². The van der Waals surface area contributed by atoms with Crippen molar-refractivity contribution in [3.8, 4) is 0 Å². The van der Waals surface area contributed by atoms with Crippen LogP contribution in [0.5, 0.6) is 0 Å². The SMILES string of the molecule is CC(NC1CCc2c(F)cccc21)c1cn[nH]c1. The van der Waals surface area contributed by atoms with Gasteiger partial charge in [-0.15, -0.1) is 0 Å². The van der Waals surface area contributed by atoms with Gasteiger partial charge in [0, 0.05) is 23.8 Å². The second-order valence-electron chi connectivity index (χ2n) is 4.82. The number of hydrogen-bond donors (Lipinski definition) is 2. The molecule has 1 aromatic carbocycles. The number of rotatable bonds is 3. The van der Waals surface area contributed by atoms with Gasteiger partial charge in [0.1, 0.15) is 5.82 Å². The van der Waals surface area contributed by atoms with Crippen LogP contribution in [0.15, 0.2) is 30.6 Å². The Bertz CT molecular complexity index is 536. The van der Waals surface area contributed by atoms with Crippen molar-refractivity contribution in [1.82, 2.24) is 15.5 Å². The summed E-state index contributed by atoms with van der Waals surface area (Å²) in [6.45, 7) is 2.10. The first-order valence-electron chi connectivity index (χ1n) is 6.27. The van der Waals surface area contributed by atoms with Gasteiger partial charge in [0.2, 0.25) is 0 Å². The van der Waals surface area contributed by atoms with Gasteiger partial charge in [-0.2, -0.15) is 5.10 Å². The van der Waals surface area contributed by atoms with E-state index in [-0.39, 0.29) is 17.9 Å². The lowest BCUT2D eigenvalue weighted by Crippen LogP contribution is -2.22. The first-order chi connectivity index (χ1) is 8.75. The molecule has 3 rings (SSSR count). The summed E-state index contributed by atoms with van der Waals surface area (Å²) in [5.41, 5.74) is 3.10. The molecule has 0 bridgehead atoms. The number of hydrogen-bond acceptors (Lipinski definition) is 2. The number of halogens is 1. The number of nitrogens with one attached hydrogen (secondary N) is 2. The van der Waals surface area contributed by atoms with Gasteiger partial charge in [-0.3, -0.25) is 5.10 Å². The van der Waals surface area contributed by atoms with E-state index in [1.807, 2.05) is 18.5 Å². The predicted molar refractivity (Wildman–Crippen MR) is 67.6 cm³/mol. The third-order valence-corrected chi connectivity index (χ3v) is 3.68. The molecular weight excluding hydrogens is 229 g/mol. The summed E-state index contributed by atoms with van der Waals surface area (Å²) < 4.78 is 13.6. The molecule has 94 valence electrons. The van der Waals surface area contributed by atoms with Crippen molar-refractivity contribution in [2.45, 2.75) is 31.8 Å². The molecule has 0 amide bonds. The Kier molecular flexibility index (Phi) is 2.88. The zero-order chi connectivity index (χ0) is 12.5. The average molecular weight is 245 g/mol. The minimum Gasteiger partial charge on any atom is -0.303 e. The van der Waals surface area contributed by atoms with E-state index in [0.29, 0.717) is 0 Å². The topological polar surface area (TPSA) is 40.7 Å². The molecule has 1 aliphatic carbocycles. The third kappa shape index (κ3) is 1.93. The van der Waals surface area contributed by atoms with Gasteiger partial charge in [-0.1, -0.05) is 12.1 Å². The van der Waals surface area contributed by atoms with E-state index in [4.69, 9.17) is 0 Å². The van der Waals surface area contributed by atoms with Crippen LogP contribution in [0.25, 0.3) is 0 Å². The lowest BCUT2D eigenvalue weighted by molar-refractivity contribution is 0.465. The molecule has 18 heavy (non-hydrogen) atoms. The Morgan fingerprint density at radius 2 is 2.39 bits per heavy atom. The number of nitrogens with zero attached hydrogens (tertiary/aromatic N) is 1. The Hall–Kier alpha value is -1.68. The highest BCUT2D eigenvalue weighted by molar-refractivity contribution is 5.35. The number of H-pyrrole nitrogens is 1. The van der Waals surface area contributed by atoms with Crippen molar-refractivity contribution < 1.29 is 4.39 Å². The second kappa shape index (κ2) is 4.53. The summed E-state index contributed by atoms with van der Waals surface area (Å²) in [5, 5.41) is 10.3. The fourth-order valence-corrected chi connectivity index (χ4v) is 2.68. The molecule has 0 saturated heterocycles. The maximum absolute atomic E-state index is 13.6. The van der Waals surface area contributed by atoms with E-state index in [1.165, 1.54) is 0 Å². The van der Waals surface area contributed by atoms with E-state index >= 15 is 0 Å². The molecule has 0 fully saturated rings. The predicted octanol–water partition coefficient (Wildman–Crippen LogP) is 2.89. The Labute approximate surface area is 105 Å². The van der Waals surface area contributed by atoms with E-state index in [0.717, 1.165) is 29.5 Å². The summed E-state index contributed by atoms with van der Waals surface area (Å²) in [7, 11) is 0. The van der Waals surface area contributed by atoms with Crippen molar-refractivity contribution in [2.75, 3.05) is 0 Å². The highest BCUT2D eigenvalue weighted by atomic mass is 19.1. The molecule has 0 aliphatic heterocycles. The summed E-state index contributed by atoms with van der Waals surface area (Å²) >= 11 is 0. The molecule has 0 saturated carbocycles. The molecule has 1 aliphatic rings. The van der Waals surface area contributed by atoms with Crippen LogP contribution in [0.2, 0.25) is 0 Å². The summed E-state index contributed by atoms with van der Waals surface area (Å²) in [6.07, 6.45) is 5.48. The van der Waals surface area contributed by atoms with Crippen molar-refractivity contribution in [3.63, 3.8) is 0 Å². The Balaban J connectivity index is 1.79. The van der Waals surface area contributed by atoms with Gasteiger partial charge in [0.15, 0.2) is 0 Å². The van der Waals surface area contributed by atoms with Crippen LogP contribution >= 0.6 is 0 Å². The fourth-order valence-electron chi connectivity index (χ4n) is 2.68. The lowest BCUT2D eigenvalue weighted by atomic mass is 10.1. The molecule has 2 unspecified atom stereocenters. The van der Waals surface area contributed by atoms with Crippen LogP contribution in [0.3, 0.4) is 0 Å². The molecule has 2 atom stereocenters. The Morgan fingerprint density at radius 3 is 3.17 bits per heavy atom. The van der Waals surface area contributed by atoms with Gasteiger partial charge < -0.3 is 5.32 Å². The zero-order valence-corrected chi connectivity index (χ0v) is 10.3. The normalized spacial score (nSPS) is 19.8. The molecule has 2 N–H and O–H groups in total. The molecule has 3 nitrogen and oxygen atoms in total. The maximum Gasteiger partial charge on any atom is 0.126 e. The molecule has 1 heterocycles. The lowest BCUT2D eigenvalue weighted by Gasteiger charge is -2.19. The number of aromatic amines is 1. The van der Waals surface area contributed by atoms with Crippen LogP contribution in [0.1, 0.15) is 42.1 Å². The minimum absolute atomic E-state index is 0.0761. The quantitative estimate of drug-likeness (QED) is 0.873. The molecule has 0 spiro atoms. The van der Waals surface area contributed by atoms with E-state index in [2.05, 4.69) is 22.4 Å². The second-order valence-corrected chi connectivity index (χ2v) is 4.82. The molecule has 4 heteroatoms. The van der Waals surface area contributed by atoms with Gasteiger partial charge >= 0.3 is 0 Å². The van der Waals surface area contributed by atoms with Crippen molar-refractivity contribution in [3.05, 3.63) is 53.1 Å². The molecule has 0 radical (unpaired) electrons. The number of benzene rings is 1. The van der Waals surface area contributed by atoms with Gasteiger partial charge in [0.25, 0.3) is 0 Å². The summed E-state index contributed by atoms with van der Waals surface area (Å²) in [6, 6.07) is 5.80. The largest absolute Gasteiger partial charge is 0.303 e. The van der Waals surface area contributed by atoms with Crippen molar-refractivity contribution in [2.24, 2.45) is 0 Å². The standard InChI is InChI=1S/C14H16FN3/c1-9(10-7-16-17-8-10)18-14-6-5-11-12(14)3-2-4-13(11)15/h2-4,7-9,14,18H,5-6H2,1H3,(H,16,17). The van der Waals surface area contributed by atoms with Gasteiger partial charge in [-0.25, -0.2) is 4.39 Å². The maximum atomic E-state index is 13.6. The third-order valence-electron chi connectivity index (χ3n) is 3.68. The van der Waals surface area contributed by atoms with E-state index in [9.17, 15) is 4.39 Å². The fraction of sp³-hybridized carbons (Fsp3) is 0.357.